The summed E-state index contributed by atoms with van der Waals surface area (Å²) in [6.07, 6.45) is 6.68. The largest absolute Gasteiger partial charge is 0.394 e. The second-order valence-corrected chi connectivity index (χ2v) is 6.14. The lowest BCUT2D eigenvalue weighted by molar-refractivity contribution is 0.266. The summed E-state index contributed by atoms with van der Waals surface area (Å²) in [7, 11) is 0. The molecular weight excluding hydrogens is 238 g/mol. The van der Waals surface area contributed by atoms with E-state index in [0.29, 0.717) is 18.6 Å². The van der Waals surface area contributed by atoms with Crippen LogP contribution in [0.25, 0.3) is 0 Å². The lowest BCUT2D eigenvalue weighted by Crippen LogP contribution is -2.33. The molecule has 1 heterocycles. The summed E-state index contributed by atoms with van der Waals surface area (Å²) in [5.74, 6) is 0.725. The first kappa shape index (κ1) is 14.5. The molecule has 0 radical (unpaired) electrons. The first-order valence-electron chi connectivity index (χ1n) is 7.53. The van der Waals surface area contributed by atoms with E-state index in [1.807, 2.05) is 10.9 Å². The van der Waals surface area contributed by atoms with Gasteiger partial charge in [-0.2, -0.15) is 5.10 Å². The van der Waals surface area contributed by atoms with E-state index in [0.717, 1.165) is 12.3 Å². The van der Waals surface area contributed by atoms with E-state index < -0.39 is 0 Å². The molecule has 0 spiro atoms. The van der Waals surface area contributed by atoms with Crippen LogP contribution >= 0.6 is 0 Å². The fourth-order valence-corrected chi connectivity index (χ4v) is 3.20. The van der Waals surface area contributed by atoms with E-state index in [-0.39, 0.29) is 6.61 Å². The van der Waals surface area contributed by atoms with Crippen LogP contribution in [0.15, 0.2) is 6.20 Å². The van der Waals surface area contributed by atoms with Crippen LogP contribution in [-0.4, -0.2) is 27.5 Å². The quantitative estimate of drug-likeness (QED) is 0.829. The summed E-state index contributed by atoms with van der Waals surface area (Å²) in [5, 5.41) is 17.2. The Morgan fingerprint density at radius 3 is 2.95 bits per heavy atom. The van der Waals surface area contributed by atoms with Crippen LogP contribution in [0.1, 0.15) is 57.3 Å². The van der Waals surface area contributed by atoms with Gasteiger partial charge < -0.3 is 10.4 Å². The van der Waals surface area contributed by atoms with Gasteiger partial charge in [0.15, 0.2) is 0 Å². The number of aromatic nitrogens is 2. The number of fused-ring (bicyclic) bond motifs is 1. The van der Waals surface area contributed by atoms with Crippen molar-refractivity contribution in [3.05, 3.63) is 17.5 Å². The molecule has 1 aliphatic carbocycles. The molecule has 2 atom stereocenters. The molecular formula is C15H27N3O. The van der Waals surface area contributed by atoms with Crippen LogP contribution in [0.5, 0.6) is 0 Å². The molecule has 1 aromatic heterocycles. The van der Waals surface area contributed by atoms with Crippen LogP contribution in [0, 0.1) is 5.92 Å². The molecule has 4 heteroatoms. The monoisotopic (exact) mass is 265 g/mol. The van der Waals surface area contributed by atoms with E-state index >= 15 is 0 Å². The molecule has 0 aromatic carbocycles. The maximum atomic E-state index is 9.07. The van der Waals surface area contributed by atoms with Gasteiger partial charge in [-0.3, -0.25) is 4.68 Å². The average Bonchev–Trinajstić information content (AvgIpc) is 2.73. The van der Waals surface area contributed by atoms with Gasteiger partial charge >= 0.3 is 0 Å². The summed E-state index contributed by atoms with van der Waals surface area (Å²) in [6.45, 7) is 7.58. The number of nitrogens with one attached hydrogen (secondary N) is 1. The summed E-state index contributed by atoms with van der Waals surface area (Å²) in [5.41, 5.74) is 2.66. The van der Waals surface area contributed by atoms with E-state index in [2.05, 4.69) is 31.2 Å². The van der Waals surface area contributed by atoms with Crippen molar-refractivity contribution in [1.29, 1.82) is 0 Å². The number of rotatable bonds is 6. The second kappa shape index (κ2) is 6.53. The molecule has 19 heavy (non-hydrogen) atoms. The van der Waals surface area contributed by atoms with Crippen LogP contribution < -0.4 is 5.32 Å². The van der Waals surface area contributed by atoms with Crippen molar-refractivity contribution >= 4 is 0 Å². The van der Waals surface area contributed by atoms with E-state index in [1.165, 1.54) is 30.5 Å². The van der Waals surface area contributed by atoms with Gasteiger partial charge in [-0.15, -0.1) is 0 Å². The highest BCUT2D eigenvalue weighted by Crippen LogP contribution is 2.30. The standard InChI is InChI=1S/C15H27N3O/c1-11(2)9-12(3)17-14-5-4-6-15-13(14)10-16-18(15)7-8-19/h10-12,14,17,19H,4-9H2,1-3H3/t12-,14-/m1/s1. The van der Waals surface area contributed by atoms with Crippen molar-refractivity contribution in [1.82, 2.24) is 15.1 Å². The van der Waals surface area contributed by atoms with Gasteiger partial charge in [-0.05, 0) is 38.5 Å². The Balaban J connectivity index is 2.05. The Hall–Kier alpha value is -0.870. The third-order valence-corrected chi connectivity index (χ3v) is 3.89. The van der Waals surface area contributed by atoms with Crippen molar-refractivity contribution < 1.29 is 5.11 Å². The number of hydrogen-bond acceptors (Lipinski definition) is 3. The Morgan fingerprint density at radius 1 is 1.47 bits per heavy atom. The summed E-state index contributed by atoms with van der Waals surface area (Å²) < 4.78 is 1.97. The number of nitrogens with zero attached hydrogens (tertiary/aromatic N) is 2. The molecule has 0 fully saturated rings. The lowest BCUT2D eigenvalue weighted by atomic mass is 9.91. The second-order valence-electron chi connectivity index (χ2n) is 6.14. The van der Waals surface area contributed by atoms with Crippen LogP contribution in [-0.2, 0) is 13.0 Å². The molecule has 0 bridgehead atoms. The van der Waals surface area contributed by atoms with Gasteiger partial charge in [-0.1, -0.05) is 13.8 Å². The van der Waals surface area contributed by atoms with Gasteiger partial charge in [-0.25, -0.2) is 0 Å². The van der Waals surface area contributed by atoms with Crippen LogP contribution in [0.4, 0.5) is 0 Å². The number of hydrogen-bond donors (Lipinski definition) is 2. The molecule has 2 rings (SSSR count). The van der Waals surface area contributed by atoms with Gasteiger partial charge in [0.1, 0.15) is 0 Å². The predicted octanol–water partition coefficient (Wildman–Crippen LogP) is 2.28. The Kier molecular flexibility index (Phi) is 4.99. The van der Waals surface area contributed by atoms with E-state index in [1.54, 1.807) is 0 Å². The SMILES string of the molecule is CC(C)C[C@@H](C)N[C@@H]1CCCc2c1cnn2CCO. The fraction of sp³-hybridized carbons (Fsp3) is 0.800. The minimum atomic E-state index is 0.163. The Bertz CT molecular complexity index is 400. The van der Waals surface area contributed by atoms with Crippen molar-refractivity contribution in [3.8, 4) is 0 Å². The third-order valence-electron chi connectivity index (χ3n) is 3.89. The highest BCUT2D eigenvalue weighted by Gasteiger charge is 2.25. The van der Waals surface area contributed by atoms with E-state index in [4.69, 9.17) is 5.11 Å². The van der Waals surface area contributed by atoms with Crippen molar-refractivity contribution in [3.63, 3.8) is 0 Å². The van der Waals surface area contributed by atoms with Gasteiger partial charge in [0.05, 0.1) is 19.3 Å². The van der Waals surface area contributed by atoms with Crippen LogP contribution in [0.3, 0.4) is 0 Å². The molecule has 2 N–H and O–H groups in total. The van der Waals surface area contributed by atoms with Crippen LogP contribution in [0.2, 0.25) is 0 Å². The number of aliphatic hydroxyl groups excluding tert-OH is 1. The smallest absolute Gasteiger partial charge is 0.0644 e. The fourth-order valence-electron chi connectivity index (χ4n) is 3.20. The average molecular weight is 265 g/mol. The zero-order chi connectivity index (χ0) is 13.8. The molecule has 1 aromatic rings. The molecule has 0 aliphatic heterocycles. The van der Waals surface area contributed by atoms with Crippen molar-refractivity contribution in [2.75, 3.05) is 6.61 Å². The Morgan fingerprint density at radius 2 is 2.26 bits per heavy atom. The minimum absolute atomic E-state index is 0.163. The number of aliphatic hydroxyl groups is 1. The first-order valence-corrected chi connectivity index (χ1v) is 7.53. The van der Waals surface area contributed by atoms with Gasteiger partial charge in [0, 0.05) is 23.3 Å². The minimum Gasteiger partial charge on any atom is -0.394 e. The molecule has 0 amide bonds. The summed E-state index contributed by atoms with van der Waals surface area (Å²) in [6, 6.07) is 0.974. The molecule has 1 aliphatic rings. The summed E-state index contributed by atoms with van der Waals surface area (Å²) in [4.78, 5) is 0. The Labute approximate surface area is 116 Å². The highest BCUT2D eigenvalue weighted by molar-refractivity contribution is 5.25. The highest BCUT2D eigenvalue weighted by atomic mass is 16.3. The van der Waals surface area contributed by atoms with Crippen molar-refractivity contribution in [2.45, 2.75) is 65.1 Å². The molecule has 108 valence electrons. The zero-order valence-electron chi connectivity index (χ0n) is 12.4. The lowest BCUT2D eigenvalue weighted by Gasteiger charge is -2.28. The third kappa shape index (κ3) is 3.57. The van der Waals surface area contributed by atoms with Crippen molar-refractivity contribution in [2.24, 2.45) is 5.92 Å². The predicted molar refractivity (Wildman–Crippen MR) is 77.0 cm³/mol. The van der Waals surface area contributed by atoms with Gasteiger partial charge in [0.2, 0.25) is 0 Å². The maximum Gasteiger partial charge on any atom is 0.0644 e. The first-order chi connectivity index (χ1) is 9.11. The molecule has 0 unspecified atom stereocenters. The zero-order valence-corrected chi connectivity index (χ0v) is 12.4. The van der Waals surface area contributed by atoms with Gasteiger partial charge in [0.25, 0.3) is 0 Å². The molecule has 4 nitrogen and oxygen atoms in total. The topological polar surface area (TPSA) is 50.1 Å². The molecule has 0 saturated heterocycles. The molecule has 0 saturated carbocycles. The van der Waals surface area contributed by atoms with E-state index in [9.17, 15) is 0 Å². The maximum absolute atomic E-state index is 9.07. The summed E-state index contributed by atoms with van der Waals surface area (Å²) >= 11 is 0. The normalized spacial score (nSPS) is 20.6.